The maximum Gasteiger partial charge on any atom is 0.335 e. The summed E-state index contributed by atoms with van der Waals surface area (Å²) in [5.41, 5.74) is 0.271. The lowest BCUT2D eigenvalue weighted by Crippen LogP contribution is -1.94. The van der Waals surface area contributed by atoms with Crippen molar-refractivity contribution in [3.8, 4) is 0 Å². The third kappa shape index (κ3) is 3.44. The predicted octanol–water partition coefficient (Wildman–Crippen LogP) is 2.70. The summed E-state index contributed by atoms with van der Waals surface area (Å²) in [6, 6.07) is 6.43. The molecule has 0 spiro atoms. The fourth-order valence-electron chi connectivity index (χ4n) is 0.639. The van der Waals surface area contributed by atoms with Crippen LogP contribution in [0, 0.1) is 0 Å². The van der Waals surface area contributed by atoms with Crippen LogP contribution in [0.5, 0.6) is 0 Å². The molecule has 0 atom stereocenters. The number of carbonyl (C=O) groups is 1. The third-order valence-electron chi connectivity index (χ3n) is 1.09. The number of carboxylic acids is 1. The minimum Gasteiger partial charge on any atom is -0.478 e. The fourth-order valence-corrected chi connectivity index (χ4v) is 0.864. The average Bonchev–Trinajstić information content (AvgIpc) is 2.08. The van der Waals surface area contributed by atoms with E-state index in [1.807, 2.05) is 13.8 Å². The lowest BCUT2D eigenvalue weighted by Gasteiger charge is -1.92. The molecule has 0 aliphatic carbocycles. The Morgan fingerprint density at radius 2 is 2.00 bits per heavy atom. The maximum atomic E-state index is 10.3. The van der Waals surface area contributed by atoms with Crippen LogP contribution in [0.4, 0.5) is 0 Å². The molecular formula is C9H12O2S. The van der Waals surface area contributed by atoms with Gasteiger partial charge >= 0.3 is 5.97 Å². The van der Waals surface area contributed by atoms with Crippen LogP contribution in [0.2, 0.25) is 0 Å². The van der Waals surface area contributed by atoms with E-state index in [9.17, 15) is 4.79 Å². The molecule has 0 heterocycles. The number of benzene rings is 1. The molecule has 0 aliphatic heterocycles. The highest BCUT2D eigenvalue weighted by Crippen LogP contribution is 2.07. The Kier molecular flexibility index (Phi) is 5.21. The van der Waals surface area contributed by atoms with Gasteiger partial charge < -0.3 is 5.11 Å². The molecule has 3 heteroatoms. The van der Waals surface area contributed by atoms with Gasteiger partial charge in [0.25, 0.3) is 0 Å². The zero-order valence-corrected chi connectivity index (χ0v) is 8.01. The number of hydrogen-bond acceptors (Lipinski definition) is 2. The van der Waals surface area contributed by atoms with Crippen molar-refractivity contribution in [2.75, 3.05) is 0 Å². The van der Waals surface area contributed by atoms with Crippen molar-refractivity contribution in [2.24, 2.45) is 0 Å². The molecule has 0 aliphatic rings. The highest BCUT2D eigenvalue weighted by atomic mass is 32.1. The summed E-state index contributed by atoms with van der Waals surface area (Å²) < 4.78 is 0. The van der Waals surface area contributed by atoms with Crippen molar-refractivity contribution >= 4 is 18.6 Å². The lowest BCUT2D eigenvalue weighted by atomic mass is 10.2. The molecule has 1 N–H and O–H groups in total. The monoisotopic (exact) mass is 184 g/mol. The smallest absolute Gasteiger partial charge is 0.335 e. The minimum atomic E-state index is -0.920. The first-order valence-electron chi connectivity index (χ1n) is 3.72. The summed E-state index contributed by atoms with van der Waals surface area (Å²) in [5.74, 6) is -0.920. The minimum absolute atomic E-state index is 0.271. The number of carboxylic acid groups (broad SMARTS) is 1. The van der Waals surface area contributed by atoms with E-state index in [1.165, 1.54) is 12.1 Å². The molecule has 0 saturated heterocycles. The SMILES string of the molecule is CC.O=C(O)c1cccc(S)c1. The molecule has 1 rings (SSSR count). The van der Waals surface area contributed by atoms with Crippen LogP contribution in [-0.2, 0) is 0 Å². The Bertz CT molecular complexity index is 258. The largest absolute Gasteiger partial charge is 0.478 e. The summed E-state index contributed by atoms with van der Waals surface area (Å²) in [4.78, 5) is 11.0. The van der Waals surface area contributed by atoms with Gasteiger partial charge in [-0.05, 0) is 18.2 Å². The van der Waals surface area contributed by atoms with Gasteiger partial charge in [-0.3, -0.25) is 0 Å². The molecule has 0 radical (unpaired) electrons. The standard InChI is InChI=1S/C7H6O2S.C2H6/c8-7(9)5-2-1-3-6(10)4-5;1-2/h1-4,10H,(H,8,9);1-2H3. The van der Waals surface area contributed by atoms with Crippen molar-refractivity contribution < 1.29 is 9.90 Å². The predicted molar refractivity (Wildman–Crippen MR) is 52.0 cm³/mol. The van der Waals surface area contributed by atoms with Crippen molar-refractivity contribution in [3.05, 3.63) is 29.8 Å². The van der Waals surface area contributed by atoms with Gasteiger partial charge in [-0.25, -0.2) is 4.79 Å². The van der Waals surface area contributed by atoms with E-state index in [1.54, 1.807) is 12.1 Å². The molecule has 1 aromatic carbocycles. The first-order valence-corrected chi connectivity index (χ1v) is 4.17. The van der Waals surface area contributed by atoms with Crippen LogP contribution in [0.3, 0.4) is 0 Å². The van der Waals surface area contributed by atoms with Crippen molar-refractivity contribution in [1.82, 2.24) is 0 Å². The second-order valence-corrected chi connectivity index (χ2v) is 2.37. The molecule has 0 fully saturated rings. The fraction of sp³-hybridized carbons (Fsp3) is 0.222. The van der Waals surface area contributed by atoms with Crippen LogP contribution in [0.25, 0.3) is 0 Å². The van der Waals surface area contributed by atoms with Crippen molar-refractivity contribution in [1.29, 1.82) is 0 Å². The van der Waals surface area contributed by atoms with Crippen LogP contribution < -0.4 is 0 Å². The van der Waals surface area contributed by atoms with Crippen molar-refractivity contribution in [2.45, 2.75) is 18.7 Å². The molecular weight excluding hydrogens is 172 g/mol. The third-order valence-corrected chi connectivity index (χ3v) is 1.37. The molecule has 12 heavy (non-hydrogen) atoms. The van der Waals surface area contributed by atoms with Crippen molar-refractivity contribution in [3.63, 3.8) is 0 Å². The van der Waals surface area contributed by atoms with E-state index < -0.39 is 5.97 Å². The van der Waals surface area contributed by atoms with Crippen LogP contribution in [-0.4, -0.2) is 11.1 Å². The summed E-state index contributed by atoms with van der Waals surface area (Å²) in [6.07, 6.45) is 0. The van der Waals surface area contributed by atoms with Gasteiger partial charge in [-0.2, -0.15) is 0 Å². The quantitative estimate of drug-likeness (QED) is 0.658. The van der Waals surface area contributed by atoms with Crippen LogP contribution >= 0.6 is 12.6 Å². The molecule has 2 nitrogen and oxygen atoms in total. The molecule has 0 aromatic heterocycles. The Balaban J connectivity index is 0.000000561. The zero-order valence-electron chi connectivity index (χ0n) is 7.11. The Morgan fingerprint density at radius 3 is 2.33 bits per heavy atom. The molecule has 1 aromatic rings. The number of thiol groups is 1. The van der Waals surface area contributed by atoms with Gasteiger partial charge in [-0.15, -0.1) is 12.6 Å². The highest BCUT2D eigenvalue weighted by molar-refractivity contribution is 7.80. The van der Waals surface area contributed by atoms with Gasteiger partial charge in [0.1, 0.15) is 0 Å². The van der Waals surface area contributed by atoms with Gasteiger partial charge in [-0.1, -0.05) is 19.9 Å². The first-order chi connectivity index (χ1) is 5.70. The van der Waals surface area contributed by atoms with E-state index in [4.69, 9.17) is 5.11 Å². The van der Waals surface area contributed by atoms with E-state index >= 15 is 0 Å². The highest BCUT2D eigenvalue weighted by Gasteiger charge is 1.99. The summed E-state index contributed by atoms with van der Waals surface area (Å²) in [6.45, 7) is 4.00. The number of hydrogen-bond donors (Lipinski definition) is 2. The van der Waals surface area contributed by atoms with Gasteiger partial charge in [0, 0.05) is 4.90 Å². The van der Waals surface area contributed by atoms with Gasteiger partial charge in [0.15, 0.2) is 0 Å². The molecule has 66 valence electrons. The molecule has 0 unspecified atom stereocenters. The normalized spacial score (nSPS) is 8.25. The van der Waals surface area contributed by atoms with Crippen LogP contribution in [0.15, 0.2) is 29.2 Å². The molecule has 0 bridgehead atoms. The van der Waals surface area contributed by atoms with E-state index in [-0.39, 0.29) is 5.56 Å². The topological polar surface area (TPSA) is 37.3 Å². The molecule has 0 saturated carbocycles. The van der Waals surface area contributed by atoms with E-state index in [0.717, 1.165) is 0 Å². The Labute approximate surface area is 77.6 Å². The summed E-state index contributed by atoms with van der Waals surface area (Å²) in [7, 11) is 0. The summed E-state index contributed by atoms with van der Waals surface area (Å²) >= 11 is 3.99. The Hall–Kier alpha value is -0.960. The first kappa shape index (κ1) is 11.0. The Morgan fingerprint density at radius 1 is 1.42 bits per heavy atom. The van der Waals surface area contributed by atoms with Gasteiger partial charge in [0.2, 0.25) is 0 Å². The lowest BCUT2D eigenvalue weighted by molar-refractivity contribution is 0.0696. The second kappa shape index (κ2) is 5.66. The number of rotatable bonds is 1. The average molecular weight is 184 g/mol. The van der Waals surface area contributed by atoms with Gasteiger partial charge in [0.05, 0.1) is 5.56 Å². The molecule has 0 amide bonds. The second-order valence-electron chi connectivity index (χ2n) is 1.86. The zero-order chi connectivity index (χ0) is 9.56. The van der Waals surface area contributed by atoms with Crippen LogP contribution in [0.1, 0.15) is 24.2 Å². The summed E-state index contributed by atoms with van der Waals surface area (Å²) in [5, 5.41) is 8.48. The van der Waals surface area contributed by atoms with E-state index in [2.05, 4.69) is 12.6 Å². The van der Waals surface area contributed by atoms with E-state index in [0.29, 0.717) is 4.90 Å². The maximum absolute atomic E-state index is 10.3. The number of aromatic carboxylic acids is 1.